The van der Waals surface area contributed by atoms with Gasteiger partial charge in [0.1, 0.15) is 12.4 Å². The smallest absolute Gasteiger partial charge is 0.196 e. The van der Waals surface area contributed by atoms with Gasteiger partial charge in [0.25, 0.3) is 0 Å². The van der Waals surface area contributed by atoms with Crippen molar-refractivity contribution >= 4 is 23.4 Å². The van der Waals surface area contributed by atoms with Crippen molar-refractivity contribution in [3.8, 4) is 11.4 Å². The second-order valence-electron chi connectivity index (χ2n) is 8.55. The van der Waals surface area contributed by atoms with Gasteiger partial charge in [-0.3, -0.25) is 4.57 Å². The molecule has 0 saturated carbocycles. The van der Waals surface area contributed by atoms with E-state index in [0.717, 1.165) is 28.2 Å². The summed E-state index contributed by atoms with van der Waals surface area (Å²) in [6, 6.07) is 26.3. The number of ether oxygens (including phenoxy) is 1. The Kier molecular flexibility index (Phi) is 6.87. The van der Waals surface area contributed by atoms with E-state index in [1.807, 2.05) is 42.5 Å². The molecule has 0 fully saturated rings. The summed E-state index contributed by atoms with van der Waals surface area (Å²) < 4.78 is 8.00. The molecule has 0 atom stereocenters. The number of nitrogens with zero attached hydrogens (tertiary/aromatic N) is 3. The number of benzene rings is 3. The fourth-order valence-electron chi connectivity index (χ4n) is 3.25. The molecule has 0 aliphatic rings. The second kappa shape index (κ2) is 9.80. The van der Waals surface area contributed by atoms with E-state index in [2.05, 4.69) is 71.9 Å². The monoisotopic (exact) mass is 463 g/mol. The van der Waals surface area contributed by atoms with Gasteiger partial charge < -0.3 is 4.74 Å². The summed E-state index contributed by atoms with van der Waals surface area (Å²) in [5.74, 6) is 2.30. The summed E-state index contributed by atoms with van der Waals surface area (Å²) in [5, 5.41) is 10.4. The number of para-hydroxylation sites is 1. The van der Waals surface area contributed by atoms with Gasteiger partial charge in [-0.2, -0.15) is 0 Å². The van der Waals surface area contributed by atoms with Crippen molar-refractivity contribution in [2.75, 3.05) is 0 Å². The Balaban J connectivity index is 1.53. The Morgan fingerprint density at radius 2 is 1.56 bits per heavy atom. The van der Waals surface area contributed by atoms with Crippen molar-refractivity contribution in [2.24, 2.45) is 0 Å². The van der Waals surface area contributed by atoms with Crippen LogP contribution >= 0.6 is 23.4 Å². The van der Waals surface area contributed by atoms with Crippen LogP contribution in [0.25, 0.3) is 5.69 Å². The molecule has 0 spiro atoms. The summed E-state index contributed by atoms with van der Waals surface area (Å²) >= 11 is 7.64. The summed E-state index contributed by atoms with van der Waals surface area (Å²) in [4.78, 5) is 0. The lowest BCUT2D eigenvalue weighted by Gasteiger charge is -2.19. The van der Waals surface area contributed by atoms with Crippen molar-refractivity contribution in [2.45, 2.75) is 43.7 Å². The zero-order chi connectivity index (χ0) is 22.6. The lowest BCUT2D eigenvalue weighted by molar-refractivity contribution is 0.293. The Morgan fingerprint density at radius 3 is 2.22 bits per heavy atom. The third-order valence-electron chi connectivity index (χ3n) is 5.08. The van der Waals surface area contributed by atoms with Gasteiger partial charge >= 0.3 is 0 Å². The molecular weight excluding hydrogens is 438 g/mol. The number of hydrogen-bond donors (Lipinski definition) is 0. The van der Waals surface area contributed by atoms with Crippen LogP contribution in [-0.4, -0.2) is 14.8 Å². The molecule has 0 bridgehead atoms. The summed E-state index contributed by atoms with van der Waals surface area (Å²) in [7, 11) is 0. The van der Waals surface area contributed by atoms with Gasteiger partial charge in [-0.1, -0.05) is 86.6 Å². The Labute approximate surface area is 198 Å². The van der Waals surface area contributed by atoms with Crippen LogP contribution in [-0.2, 0) is 17.8 Å². The van der Waals surface area contributed by atoms with Gasteiger partial charge in [0.2, 0.25) is 0 Å². The van der Waals surface area contributed by atoms with E-state index in [1.165, 1.54) is 11.1 Å². The molecule has 164 valence electrons. The van der Waals surface area contributed by atoms with Crippen molar-refractivity contribution < 1.29 is 4.74 Å². The molecule has 0 aliphatic carbocycles. The molecule has 0 radical (unpaired) electrons. The quantitative estimate of drug-likeness (QED) is 0.274. The summed E-state index contributed by atoms with van der Waals surface area (Å²) in [5.41, 5.74) is 3.75. The summed E-state index contributed by atoms with van der Waals surface area (Å²) in [6.07, 6.45) is 0. The van der Waals surface area contributed by atoms with E-state index < -0.39 is 0 Å². The number of rotatable bonds is 7. The van der Waals surface area contributed by atoms with Crippen molar-refractivity contribution in [1.29, 1.82) is 0 Å². The fraction of sp³-hybridized carbons (Fsp3) is 0.231. The minimum absolute atomic E-state index is 0.151. The lowest BCUT2D eigenvalue weighted by Crippen LogP contribution is -2.10. The van der Waals surface area contributed by atoms with Crippen LogP contribution in [0.4, 0.5) is 0 Å². The van der Waals surface area contributed by atoms with Crippen LogP contribution in [0.2, 0.25) is 5.02 Å². The minimum Gasteiger partial charge on any atom is -0.486 e. The van der Waals surface area contributed by atoms with Gasteiger partial charge in [0, 0.05) is 16.5 Å². The van der Waals surface area contributed by atoms with E-state index >= 15 is 0 Å². The Bertz CT molecular complexity index is 1150. The van der Waals surface area contributed by atoms with Crippen molar-refractivity contribution in [1.82, 2.24) is 14.8 Å². The van der Waals surface area contributed by atoms with Crippen LogP contribution in [0.5, 0.6) is 5.75 Å². The second-order valence-corrected chi connectivity index (χ2v) is 9.93. The van der Waals surface area contributed by atoms with E-state index in [0.29, 0.717) is 11.6 Å². The maximum absolute atomic E-state index is 5.97. The summed E-state index contributed by atoms with van der Waals surface area (Å²) in [6.45, 7) is 7.00. The molecule has 4 nitrogen and oxygen atoms in total. The van der Waals surface area contributed by atoms with Gasteiger partial charge in [0.15, 0.2) is 11.0 Å². The first-order valence-corrected chi connectivity index (χ1v) is 11.9. The number of thioether (sulfide) groups is 1. The highest BCUT2D eigenvalue weighted by Crippen LogP contribution is 2.28. The highest BCUT2D eigenvalue weighted by molar-refractivity contribution is 7.98. The maximum atomic E-state index is 5.97. The van der Waals surface area contributed by atoms with E-state index in [-0.39, 0.29) is 5.41 Å². The number of halogens is 1. The highest BCUT2D eigenvalue weighted by Gasteiger charge is 2.16. The first-order valence-electron chi connectivity index (χ1n) is 10.5. The average Bonchev–Trinajstić information content (AvgIpc) is 3.20. The molecule has 0 unspecified atom stereocenters. The zero-order valence-electron chi connectivity index (χ0n) is 18.5. The van der Waals surface area contributed by atoms with Gasteiger partial charge in [-0.25, -0.2) is 0 Å². The SMILES string of the molecule is CC(C)(C)c1ccc(CSc2nnc(COc3ccc(Cl)cc3)n2-c2ccccc2)cc1. The topological polar surface area (TPSA) is 39.9 Å². The standard InChI is InChI=1S/C26H26ClN3OS/c1-26(2,3)20-11-9-19(10-12-20)18-32-25-29-28-24(30(25)22-7-5-4-6-8-22)17-31-23-15-13-21(27)14-16-23/h4-16H,17-18H2,1-3H3. The fourth-order valence-corrected chi connectivity index (χ4v) is 4.30. The van der Waals surface area contributed by atoms with Crippen LogP contribution < -0.4 is 4.74 Å². The third-order valence-corrected chi connectivity index (χ3v) is 6.34. The molecule has 6 heteroatoms. The van der Waals surface area contributed by atoms with Gasteiger partial charge in [0.05, 0.1) is 0 Å². The molecule has 1 aromatic heterocycles. The van der Waals surface area contributed by atoms with E-state index in [4.69, 9.17) is 16.3 Å². The molecule has 0 aliphatic heterocycles. The minimum atomic E-state index is 0.151. The van der Waals surface area contributed by atoms with E-state index in [1.54, 1.807) is 11.8 Å². The van der Waals surface area contributed by atoms with Crippen LogP contribution in [0, 0.1) is 0 Å². The zero-order valence-corrected chi connectivity index (χ0v) is 20.0. The molecule has 4 aromatic rings. The van der Waals surface area contributed by atoms with Gasteiger partial charge in [-0.15, -0.1) is 10.2 Å². The highest BCUT2D eigenvalue weighted by atomic mass is 35.5. The molecule has 0 saturated heterocycles. The molecule has 0 amide bonds. The molecular formula is C26H26ClN3OS. The average molecular weight is 464 g/mol. The van der Waals surface area contributed by atoms with Crippen LogP contribution in [0.1, 0.15) is 37.7 Å². The largest absolute Gasteiger partial charge is 0.486 e. The first kappa shape index (κ1) is 22.4. The molecule has 3 aromatic carbocycles. The lowest BCUT2D eigenvalue weighted by atomic mass is 9.87. The molecule has 0 N–H and O–H groups in total. The molecule has 32 heavy (non-hydrogen) atoms. The van der Waals surface area contributed by atoms with Crippen molar-refractivity contribution in [3.05, 3.63) is 101 Å². The van der Waals surface area contributed by atoms with Crippen LogP contribution in [0.15, 0.2) is 84.0 Å². The Hall–Kier alpha value is -2.76. The number of hydrogen-bond acceptors (Lipinski definition) is 4. The molecule has 4 rings (SSSR count). The third kappa shape index (κ3) is 5.53. The molecule has 1 heterocycles. The predicted molar refractivity (Wildman–Crippen MR) is 132 cm³/mol. The predicted octanol–water partition coefficient (Wildman–Crippen LogP) is 7.09. The maximum Gasteiger partial charge on any atom is 0.196 e. The van der Waals surface area contributed by atoms with Crippen molar-refractivity contribution in [3.63, 3.8) is 0 Å². The van der Waals surface area contributed by atoms with Gasteiger partial charge in [-0.05, 0) is 52.9 Å². The normalized spacial score (nSPS) is 11.5. The Morgan fingerprint density at radius 1 is 0.875 bits per heavy atom. The number of aromatic nitrogens is 3. The van der Waals surface area contributed by atoms with E-state index in [9.17, 15) is 0 Å². The first-order chi connectivity index (χ1) is 15.4. The van der Waals surface area contributed by atoms with Crippen LogP contribution in [0.3, 0.4) is 0 Å².